The number of nitrogens with one attached hydrogen (secondary N) is 5. The van der Waals surface area contributed by atoms with Gasteiger partial charge in [0.25, 0.3) is 0 Å². The molecule has 0 aliphatic rings. The van der Waals surface area contributed by atoms with Gasteiger partial charge in [-0.2, -0.15) is 0 Å². The maximum absolute atomic E-state index is 9.79. The van der Waals surface area contributed by atoms with Crippen LogP contribution in [-0.4, -0.2) is 152 Å². The van der Waals surface area contributed by atoms with Gasteiger partial charge in [-0.3, -0.25) is 9.80 Å². The van der Waals surface area contributed by atoms with E-state index in [1.165, 1.54) is 0 Å². The topological polar surface area (TPSA) is 255 Å². The molecule has 0 aliphatic heterocycles. The van der Waals surface area contributed by atoms with Crippen LogP contribution in [0.2, 0.25) is 0 Å². The van der Waals surface area contributed by atoms with Crippen LogP contribution in [0.1, 0.15) is 17.5 Å². The molecule has 0 fully saturated rings. The molecule has 0 saturated carbocycles. The van der Waals surface area contributed by atoms with E-state index >= 15 is 0 Å². The van der Waals surface area contributed by atoms with E-state index < -0.39 is 18.8 Å². The third kappa shape index (κ3) is 9.60. The van der Waals surface area contributed by atoms with E-state index in [4.69, 9.17) is 5.11 Å². The van der Waals surface area contributed by atoms with Gasteiger partial charge in [0.2, 0.25) is 0 Å². The number of rotatable bonds is 19. The van der Waals surface area contributed by atoms with Gasteiger partial charge in [0, 0.05) is 39.3 Å². The van der Waals surface area contributed by atoms with Crippen molar-refractivity contribution in [3.63, 3.8) is 0 Å². The fourth-order valence-corrected chi connectivity index (χ4v) is 3.29. The van der Waals surface area contributed by atoms with Crippen molar-refractivity contribution in [1.29, 1.82) is 0 Å². The quantitative estimate of drug-likeness (QED) is 0.0720. The van der Waals surface area contributed by atoms with Gasteiger partial charge in [-0.05, 0) is 31.3 Å². The van der Waals surface area contributed by atoms with Gasteiger partial charge >= 0.3 is 0 Å². The minimum absolute atomic E-state index is 0.288. The lowest BCUT2D eigenvalue weighted by molar-refractivity contribution is 0.0405. The number of aromatic nitrogens is 12. The van der Waals surface area contributed by atoms with Crippen molar-refractivity contribution in [3.8, 4) is 0 Å². The summed E-state index contributed by atoms with van der Waals surface area (Å²) < 4.78 is 0. The summed E-state index contributed by atoms with van der Waals surface area (Å²) in [6.07, 6.45) is -1.04. The molecule has 0 amide bonds. The van der Waals surface area contributed by atoms with Crippen molar-refractivity contribution in [1.82, 2.24) is 82.3 Å². The van der Waals surface area contributed by atoms with Gasteiger partial charge in [0.05, 0.1) is 45.0 Å². The molecule has 2 atom stereocenters. The SMILES string of the molecule is OC[C@@H](O)[C@@H](CO)NCCN(CCN(CCNCc1nnn[nH]1)Cc1nnn[nH]1)Cc1nnn[nH]1. The minimum atomic E-state index is -1.04. The van der Waals surface area contributed by atoms with Gasteiger partial charge < -0.3 is 26.0 Å². The highest BCUT2D eigenvalue weighted by atomic mass is 16.3. The van der Waals surface area contributed by atoms with E-state index in [-0.39, 0.29) is 6.61 Å². The molecule has 194 valence electrons. The number of aliphatic hydroxyl groups excluding tert-OH is 3. The van der Waals surface area contributed by atoms with E-state index in [0.29, 0.717) is 76.4 Å². The van der Waals surface area contributed by atoms with Crippen molar-refractivity contribution in [2.45, 2.75) is 31.8 Å². The first-order valence-corrected chi connectivity index (χ1v) is 11.1. The largest absolute Gasteiger partial charge is 0.395 e. The second-order valence-corrected chi connectivity index (χ2v) is 7.77. The van der Waals surface area contributed by atoms with Crippen LogP contribution in [0, 0.1) is 0 Å². The Balaban J connectivity index is 1.52. The van der Waals surface area contributed by atoms with E-state index in [1.807, 2.05) is 0 Å². The average molecular weight is 497 g/mol. The molecular weight excluding hydrogens is 464 g/mol. The smallest absolute Gasteiger partial charge is 0.162 e. The molecule has 3 heterocycles. The van der Waals surface area contributed by atoms with Crippen LogP contribution in [0.3, 0.4) is 0 Å². The molecule has 3 rings (SSSR count). The second-order valence-electron chi connectivity index (χ2n) is 7.77. The Morgan fingerprint density at radius 3 is 1.74 bits per heavy atom. The molecule has 3 aromatic rings. The van der Waals surface area contributed by atoms with Gasteiger partial charge in [0.1, 0.15) is 0 Å². The Morgan fingerprint density at radius 1 is 0.714 bits per heavy atom. The highest BCUT2D eigenvalue weighted by molar-refractivity contribution is 4.82. The van der Waals surface area contributed by atoms with E-state index in [1.54, 1.807) is 0 Å². The Labute approximate surface area is 200 Å². The molecule has 8 N–H and O–H groups in total. The monoisotopic (exact) mass is 496 g/mol. The Bertz CT molecular complexity index is 879. The van der Waals surface area contributed by atoms with Crippen molar-refractivity contribution >= 4 is 0 Å². The molecule has 0 saturated heterocycles. The van der Waals surface area contributed by atoms with Gasteiger partial charge in [-0.25, -0.2) is 15.3 Å². The Kier molecular flexibility index (Phi) is 11.4. The molecule has 0 unspecified atom stereocenters. The van der Waals surface area contributed by atoms with Crippen LogP contribution in [0.15, 0.2) is 0 Å². The summed E-state index contributed by atoms with van der Waals surface area (Å²) in [5.41, 5.74) is 0. The number of hydrogen-bond donors (Lipinski definition) is 8. The standard InChI is InChI=1S/C16H32N16O3/c33-10-12(13(35)11-34)18-2-4-32(9-16-23-29-30-24-16)6-5-31(8-15-21-27-28-22-15)3-1-17-7-14-19-25-26-20-14/h12-13,17-18,33-35H,1-11H2,(H,19,20,25,26)(H,21,22,27,28)(H,23,24,29,30)/t12-,13-/m1/s1. The van der Waals surface area contributed by atoms with E-state index in [9.17, 15) is 10.2 Å². The normalized spacial score (nSPS) is 13.6. The Morgan fingerprint density at radius 2 is 1.26 bits per heavy atom. The average Bonchev–Trinajstić information content (AvgIpc) is 3.66. The summed E-state index contributed by atoms with van der Waals surface area (Å²) in [5.74, 6) is 1.93. The number of nitrogens with zero attached hydrogens (tertiary/aromatic N) is 11. The number of aliphatic hydroxyl groups is 3. The zero-order valence-electron chi connectivity index (χ0n) is 19.2. The van der Waals surface area contributed by atoms with Crippen LogP contribution in [0.5, 0.6) is 0 Å². The maximum atomic E-state index is 9.79. The second kappa shape index (κ2) is 15.0. The molecule has 19 heteroatoms. The van der Waals surface area contributed by atoms with Crippen molar-refractivity contribution < 1.29 is 15.3 Å². The summed E-state index contributed by atoms with van der Waals surface area (Å²) in [4.78, 5) is 4.33. The number of tetrazole rings is 3. The molecule has 0 bridgehead atoms. The lowest BCUT2D eigenvalue weighted by Crippen LogP contribution is -2.47. The molecule has 19 nitrogen and oxygen atoms in total. The third-order valence-electron chi connectivity index (χ3n) is 5.23. The number of hydrogen-bond acceptors (Lipinski definition) is 16. The zero-order chi connectivity index (χ0) is 24.7. The Hall–Kier alpha value is -3.07. The van der Waals surface area contributed by atoms with Crippen molar-refractivity contribution in [2.24, 2.45) is 0 Å². The number of H-pyrrole nitrogens is 3. The van der Waals surface area contributed by atoms with Crippen LogP contribution < -0.4 is 10.6 Å². The predicted molar refractivity (Wildman–Crippen MR) is 117 cm³/mol. The summed E-state index contributed by atoms with van der Waals surface area (Å²) in [7, 11) is 0. The van der Waals surface area contributed by atoms with Crippen LogP contribution in [-0.2, 0) is 19.6 Å². The highest BCUT2D eigenvalue weighted by Gasteiger charge is 2.18. The maximum Gasteiger partial charge on any atom is 0.162 e. The van der Waals surface area contributed by atoms with Crippen molar-refractivity contribution in [3.05, 3.63) is 17.5 Å². The first-order valence-electron chi connectivity index (χ1n) is 11.1. The van der Waals surface area contributed by atoms with Crippen LogP contribution >= 0.6 is 0 Å². The summed E-state index contributed by atoms with van der Waals surface area (Å²) in [6.45, 7) is 4.64. The number of aromatic amines is 3. The first kappa shape index (κ1) is 26.5. The van der Waals surface area contributed by atoms with Gasteiger partial charge in [-0.15, -0.1) is 15.3 Å². The van der Waals surface area contributed by atoms with E-state index in [2.05, 4.69) is 82.3 Å². The van der Waals surface area contributed by atoms with Gasteiger partial charge in [-0.1, -0.05) is 0 Å². The first-order chi connectivity index (χ1) is 17.2. The molecule has 3 aromatic heterocycles. The minimum Gasteiger partial charge on any atom is -0.395 e. The third-order valence-corrected chi connectivity index (χ3v) is 5.23. The molecule has 35 heavy (non-hydrogen) atoms. The lowest BCUT2D eigenvalue weighted by Gasteiger charge is -2.28. The molecule has 0 aliphatic carbocycles. The molecule has 0 aromatic carbocycles. The summed E-state index contributed by atoms with van der Waals surface area (Å²) >= 11 is 0. The van der Waals surface area contributed by atoms with Gasteiger partial charge in [0.15, 0.2) is 17.5 Å². The van der Waals surface area contributed by atoms with E-state index in [0.717, 1.165) is 0 Å². The molecule has 0 spiro atoms. The van der Waals surface area contributed by atoms with Crippen LogP contribution in [0.25, 0.3) is 0 Å². The lowest BCUT2D eigenvalue weighted by atomic mass is 10.2. The summed E-state index contributed by atoms with van der Waals surface area (Å²) in [6, 6.07) is -0.616. The molecular formula is C16H32N16O3. The predicted octanol–water partition coefficient (Wildman–Crippen LogP) is -5.38. The summed E-state index contributed by atoms with van der Waals surface area (Å²) in [5, 5.41) is 76.4. The molecule has 0 radical (unpaired) electrons. The van der Waals surface area contributed by atoms with Crippen molar-refractivity contribution in [2.75, 3.05) is 52.5 Å². The zero-order valence-corrected chi connectivity index (χ0v) is 19.2. The highest BCUT2D eigenvalue weighted by Crippen LogP contribution is 2.02. The fraction of sp³-hybridized carbons (Fsp3) is 0.812. The fourth-order valence-electron chi connectivity index (χ4n) is 3.29. The van der Waals surface area contributed by atoms with Crippen LogP contribution in [0.4, 0.5) is 0 Å².